The monoisotopic (exact) mass is 499 g/mol. The fourth-order valence-corrected chi connectivity index (χ4v) is 4.91. The summed E-state index contributed by atoms with van der Waals surface area (Å²) < 4.78 is 9.70. The maximum Gasteiger partial charge on any atom is 0.338 e. The average molecular weight is 500 g/mol. The van der Waals surface area contributed by atoms with Gasteiger partial charge in [0.15, 0.2) is 6.61 Å². The molecule has 1 aromatic carbocycles. The number of esters is 2. The number of amides is 1. The Morgan fingerprint density at radius 1 is 1.12 bits per heavy atom. The van der Waals surface area contributed by atoms with Crippen LogP contribution in [0.3, 0.4) is 0 Å². The number of nitro benzene ring substituents is 1. The quantitative estimate of drug-likeness (QED) is 0.273. The highest BCUT2D eigenvalue weighted by Crippen LogP contribution is 2.36. The summed E-state index contributed by atoms with van der Waals surface area (Å²) in [6, 6.07) is 10.4. The molecule has 10 nitrogen and oxygen atoms in total. The number of benzene rings is 1. The molecule has 3 heterocycles. The number of ether oxygens (including phenoxy) is 2. The first-order valence-electron chi connectivity index (χ1n) is 9.89. The maximum atomic E-state index is 13.0. The van der Waals surface area contributed by atoms with Gasteiger partial charge >= 0.3 is 11.9 Å². The Labute approximate surface area is 201 Å². The van der Waals surface area contributed by atoms with Crippen LogP contribution in [0.25, 0.3) is 0 Å². The normalized spacial score (nSPS) is 15.0. The molecule has 2 aromatic heterocycles. The third-order valence-corrected chi connectivity index (χ3v) is 6.85. The number of hydrazone groups is 1. The van der Waals surface area contributed by atoms with E-state index in [4.69, 9.17) is 4.74 Å². The molecule has 0 spiro atoms. The van der Waals surface area contributed by atoms with Gasteiger partial charge in [0.25, 0.3) is 11.6 Å². The van der Waals surface area contributed by atoms with E-state index in [1.807, 2.05) is 35.0 Å². The number of hydrogen-bond acceptors (Lipinski definition) is 10. The summed E-state index contributed by atoms with van der Waals surface area (Å²) in [5, 5.41) is 20.8. The fraction of sp³-hybridized carbons (Fsp3) is 0.182. The smallest absolute Gasteiger partial charge is 0.338 e. The van der Waals surface area contributed by atoms with Gasteiger partial charge in [-0.1, -0.05) is 12.1 Å². The summed E-state index contributed by atoms with van der Waals surface area (Å²) in [6.07, 6.45) is 0.522. The van der Waals surface area contributed by atoms with Crippen LogP contribution in [0.2, 0.25) is 0 Å². The number of rotatable bonds is 7. The molecule has 0 saturated heterocycles. The first-order valence-corrected chi connectivity index (χ1v) is 11.6. The van der Waals surface area contributed by atoms with E-state index >= 15 is 0 Å². The summed E-state index contributed by atoms with van der Waals surface area (Å²) in [5.41, 5.74) is -0.156. The van der Waals surface area contributed by atoms with Crippen LogP contribution in [-0.4, -0.2) is 47.2 Å². The molecule has 0 radical (unpaired) electrons. The van der Waals surface area contributed by atoms with Crippen molar-refractivity contribution in [3.8, 4) is 0 Å². The molecule has 1 aliphatic rings. The van der Waals surface area contributed by atoms with Crippen LogP contribution in [0.4, 0.5) is 5.69 Å². The van der Waals surface area contributed by atoms with Crippen LogP contribution >= 0.6 is 22.7 Å². The molecule has 1 aliphatic heterocycles. The van der Waals surface area contributed by atoms with Crippen LogP contribution in [0.1, 0.15) is 42.9 Å². The zero-order valence-corrected chi connectivity index (χ0v) is 19.3. The third-order valence-electron chi connectivity index (χ3n) is 4.96. The second-order valence-corrected chi connectivity index (χ2v) is 9.02. The fourth-order valence-electron chi connectivity index (χ4n) is 3.38. The summed E-state index contributed by atoms with van der Waals surface area (Å²) >= 11 is 3.01. The van der Waals surface area contributed by atoms with Crippen molar-refractivity contribution in [2.45, 2.75) is 12.5 Å². The first-order chi connectivity index (χ1) is 16.4. The van der Waals surface area contributed by atoms with E-state index in [-0.39, 0.29) is 17.2 Å². The Bertz CT molecular complexity index is 1270. The summed E-state index contributed by atoms with van der Waals surface area (Å²) in [7, 11) is 1.11. The van der Waals surface area contributed by atoms with E-state index in [0.29, 0.717) is 6.42 Å². The van der Waals surface area contributed by atoms with Crippen LogP contribution in [0.5, 0.6) is 0 Å². The molecule has 0 fully saturated rings. The molecule has 12 heteroatoms. The molecule has 1 amide bonds. The van der Waals surface area contributed by atoms with Gasteiger partial charge in [0.2, 0.25) is 0 Å². The highest BCUT2D eigenvalue weighted by atomic mass is 32.1. The summed E-state index contributed by atoms with van der Waals surface area (Å²) in [4.78, 5) is 49.7. The Kier molecular flexibility index (Phi) is 6.80. The van der Waals surface area contributed by atoms with Crippen molar-refractivity contribution in [3.05, 3.63) is 84.2 Å². The Morgan fingerprint density at radius 2 is 1.82 bits per heavy atom. The zero-order chi connectivity index (χ0) is 24.2. The van der Waals surface area contributed by atoms with E-state index in [0.717, 1.165) is 40.8 Å². The molecule has 3 aromatic rings. The van der Waals surface area contributed by atoms with Gasteiger partial charge in [0.05, 0.1) is 39.8 Å². The van der Waals surface area contributed by atoms with Crippen molar-refractivity contribution >= 4 is 51.9 Å². The lowest BCUT2D eigenvalue weighted by Crippen LogP contribution is -2.31. The molecular weight excluding hydrogens is 482 g/mol. The molecule has 1 atom stereocenters. The maximum absolute atomic E-state index is 13.0. The van der Waals surface area contributed by atoms with Gasteiger partial charge in [0.1, 0.15) is 0 Å². The highest BCUT2D eigenvalue weighted by Gasteiger charge is 2.34. The van der Waals surface area contributed by atoms with Crippen molar-refractivity contribution in [1.29, 1.82) is 0 Å². The number of thiophene rings is 2. The molecule has 4 rings (SSSR count). The number of nitrogens with zero attached hydrogens (tertiary/aromatic N) is 3. The molecule has 0 aliphatic carbocycles. The van der Waals surface area contributed by atoms with Crippen LogP contribution < -0.4 is 0 Å². The molecule has 0 saturated carbocycles. The standard InChI is InChI=1S/C22H17N3O7S2/c1-31-21(27)13-8-14(10-15(9-13)25(29)30)22(28)32-12-20(26)24-17(19-5-3-7-34-19)11-16(23-24)18-4-2-6-33-18/h2-10,17H,11-12H2,1H3. The molecule has 0 N–H and O–H groups in total. The zero-order valence-electron chi connectivity index (χ0n) is 17.7. The van der Waals surface area contributed by atoms with Crippen molar-refractivity contribution in [3.63, 3.8) is 0 Å². The predicted molar refractivity (Wildman–Crippen MR) is 124 cm³/mol. The lowest BCUT2D eigenvalue weighted by Gasteiger charge is -2.20. The van der Waals surface area contributed by atoms with E-state index < -0.39 is 35.1 Å². The number of nitro groups is 1. The number of methoxy groups -OCH3 is 1. The van der Waals surface area contributed by atoms with Gasteiger partial charge in [-0.15, -0.1) is 22.7 Å². The van der Waals surface area contributed by atoms with E-state index in [1.165, 1.54) is 27.7 Å². The van der Waals surface area contributed by atoms with Crippen LogP contribution in [-0.2, 0) is 14.3 Å². The van der Waals surface area contributed by atoms with E-state index in [9.17, 15) is 24.5 Å². The molecule has 34 heavy (non-hydrogen) atoms. The topological polar surface area (TPSA) is 128 Å². The van der Waals surface area contributed by atoms with Gasteiger partial charge in [0, 0.05) is 23.4 Å². The SMILES string of the molecule is COC(=O)c1cc(C(=O)OCC(=O)N2N=C(c3cccs3)CC2c2cccs2)cc([N+](=O)[O-])c1. The largest absolute Gasteiger partial charge is 0.465 e. The minimum Gasteiger partial charge on any atom is -0.465 e. The minimum atomic E-state index is -0.989. The van der Waals surface area contributed by atoms with E-state index in [1.54, 1.807) is 0 Å². The van der Waals surface area contributed by atoms with Gasteiger partial charge in [-0.25, -0.2) is 14.6 Å². The second kappa shape index (κ2) is 9.93. The number of carbonyl (C=O) groups excluding carboxylic acids is 3. The number of non-ortho nitro benzene ring substituents is 1. The predicted octanol–water partition coefficient (Wildman–Crippen LogP) is 4.04. The molecule has 1 unspecified atom stereocenters. The van der Waals surface area contributed by atoms with Crippen LogP contribution in [0, 0.1) is 10.1 Å². The number of hydrogen-bond donors (Lipinski definition) is 0. The van der Waals surface area contributed by atoms with Crippen molar-refractivity contribution in [2.24, 2.45) is 5.10 Å². The van der Waals surface area contributed by atoms with Gasteiger partial charge < -0.3 is 9.47 Å². The first kappa shape index (κ1) is 23.3. The van der Waals surface area contributed by atoms with Gasteiger partial charge in [-0.2, -0.15) is 5.10 Å². The summed E-state index contributed by atoms with van der Waals surface area (Å²) in [5.74, 6) is -2.38. The molecular formula is C22H17N3O7S2. The molecule has 0 bridgehead atoms. The van der Waals surface area contributed by atoms with Crippen molar-refractivity contribution in [2.75, 3.05) is 13.7 Å². The minimum absolute atomic E-state index is 0.183. The lowest BCUT2D eigenvalue weighted by atomic mass is 10.1. The van der Waals surface area contributed by atoms with Gasteiger partial charge in [-0.3, -0.25) is 14.9 Å². The number of carbonyl (C=O) groups is 3. The highest BCUT2D eigenvalue weighted by molar-refractivity contribution is 7.12. The van der Waals surface area contributed by atoms with Gasteiger partial charge in [-0.05, 0) is 29.0 Å². The molecule has 174 valence electrons. The Balaban J connectivity index is 1.52. The van der Waals surface area contributed by atoms with Crippen LogP contribution in [0.15, 0.2) is 58.3 Å². The van der Waals surface area contributed by atoms with Crippen molar-refractivity contribution < 1.29 is 28.8 Å². The summed E-state index contributed by atoms with van der Waals surface area (Å²) in [6.45, 7) is -0.627. The lowest BCUT2D eigenvalue weighted by molar-refractivity contribution is -0.384. The Morgan fingerprint density at radius 3 is 2.44 bits per heavy atom. The Hall–Kier alpha value is -3.90. The second-order valence-electron chi connectivity index (χ2n) is 7.09. The van der Waals surface area contributed by atoms with Crippen molar-refractivity contribution in [1.82, 2.24) is 5.01 Å². The average Bonchev–Trinajstić information content (AvgIpc) is 3.62. The van der Waals surface area contributed by atoms with E-state index in [2.05, 4.69) is 9.84 Å². The third kappa shape index (κ3) is 4.87.